The fourth-order valence-electron chi connectivity index (χ4n) is 3.62. The van der Waals surface area contributed by atoms with E-state index in [1.807, 2.05) is 4.90 Å². The zero-order chi connectivity index (χ0) is 20.5. The number of piperazine rings is 1. The molecule has 2 aliphatic heterocycles. The molecule has 2 aromatic carbocycles. The van der Waals surface area contributed by atoms with E-state index in [2.05, 4.69) is 15.6 Å². The van der Waals surface area contributed by atoms with Crippen LogP contribution in [0.2, 0.25) is 5.02 Å². The summed E-state index contributed by atoms with van der Waals surface area (Å²) in [5.74, 6) is -1.33. The van der Waals surface area contributed by atoms with Crippen LogP contribution < -0.4 is 15.4 Å². The second-order valence-corrected chi connectivity index (χ2v) is 7.12. The molecule has 0 bridgehead atoms. The molecule has 1 fully saturated rings. The normalized spacial score (nSPS) is 16.6. The lowest BCUT2D eigenvalue weighted by Gasteiger charge is -2.31. The number of ether oxygens (including phenoxy) is 1. The number of anilines is 1. The molecule has 1 saturated heterocycles. The molecule has 9 heteroatoms. The Labute approximate surface area is 171 Å². The molecule has 0 atom stereocenters. The number of benzene rings is 2. The number of carbonyl (C=O) groups excluding carboxylic acids is 1. The summed E-state index contributed by atoms with van der Waals surface area (Å²) in [7, 11) is 1.37. The number of hydrogen-bond acceptors (Lipinski definition) is 5. The van der Waals surface area contributed by atoms with Crippen LogP contribution in [0.4, 0.5) is 14.5 Å². The van der Waals surface area contributed by atoms with Gasteiger partial charge >= 0.3 is 0 Å². The van der Waals surface area contributed by atoms with Crippen LogP contribution in [0.3, 0.4) is 0 Å². The van der Waals surface area contributed by atoms with Gasteiger partial charge in [0, 0.05) is 37.3 Å². The lowest BCUT2D eigenvalue weighted by molar-refractivity contribution is -0.114. The topological polar surface area (TPSA) is 66.0 Å². The van der Waals surface area contributed by atoms with Crippen LogP contribution in [0.15, 0.2) is 29.3 Å². The average molecular weight is 421 g/mol. The highest BCUT2D eigenvalue weighted by molar-refractivity contribution is 6.34. The van der Waals surface area contributed by atoms with Crippen LogP contribution in [-0.4, -0.2) is 56.5 Å². The van der Waals surface area contributed by atoms with Crippen molar-refractivity contribution in [2.24, 2.45) is 4.99 Å². The highest BCUT2D eigenvalue weighted by Gasteiger charge is 2.30. The smallest absolute Gasteiger partial charge is 0.246 e. The SMILES string of the molecule is COc1cccc(F)c1-c1c(Cl)cc2c(c1F)NC(=O)CN=C2N1CCNCC1. The number of benzodiazepines with no additional fused rings is 1. The van der Waals surface area contributed by atoms with Crippen molar-refractivity contribution in [2.75, 3.05) is 45.2 Å². The van der Waals surface area contributed by atoms with Crippen LogP contribution in [0.1, 0.15) is 5.56 Å². The molecule has 2 N–H and O–H groups in total. The Morgan fingerprint density at radius 2 is 1.97 bits per heavy atom. The zero-order valence-corrected chi connectivity index (χ0v) is 16.4. The first-order chi connectivity index (χ1) is 14.0. The number of amides is 1. The van der Waals surface area contributed by atoms with Crippen LogP contribution in [-0.2, 0) is 4.79 Å². The Hall–Kier alpha value is -2.71. The summed E-state index contributed by atoms with van der Waals surface area (Å²) in [4.78, 5) is 18.6. The Kier molecular flexibility index (Phi) is 5.38. The zero-order valence-electron chi connectivity index (χ0n) is 15.7. The van der Waals surface area contributed by atoms with Crippen LogP contribution in [0.5, 0.6) is 5.75 Å². The van der Waals surface area contributed by atoms with Gasteiger partial charge in [0.1, 0.15) is 23.9 Å². The first kappa shape index (κ1) is 19.6. The van der Waals surface area contributed by atoms with Crippen molar-refractivity contribution in [3.8, 4) is 16.9 Å². The van der Waals surface area contributed by atoms with Crippen LogP contribution in [0, 0.1) is 11.6 Å². The fraction of sp³-hybridized carbons (Fsp3) is 0.300. The third-order valence-corrected chi connectivity index (χ3v) is 5.26. The van der Waals surface area contributed by atoms with Gasteiger partial charge in [0.25, 0.3) is 0 Å². The largest absolute Gasteiger partial charge is 0.496 e. The van der Waals surface area contributed by atoms with E-state index in [1.54, 1.807) is 0 Å². The summed E-state index contributed by atoms with van der Waals surface area (Å²) in [5, 5.41) is 5.80. The van der Waals surface area contributed by atoms with E-state index < -0.39 is 17.5 Å². The highest BCUT2D eigenvalue weighted by Crippen LogP contribution is 2.43. The predicted molar refractivity (Wildman–Crippen MR) is 108 cm³/mol. The van der Waals surface area contributed by atoms with Crippen LogP contribution >= 0.6 is 11.6 Å². The summed E-state index contributed by atoms with van der Waals surface area (Å²) < 4.78 is 35.5. The van der Waals surface area contributed by atoms with Gasteiger partial charge in [-0.2, -0.15) is 0 Å². The average Bonchev–Trinajstić information content (AvgIpc) is 2.88. The third-order valence-electron chi connectivity index (χ3n) is 4.96. The number of rotatable bonds is 2. The summed E-state index contributed by atoms with van der Waals surface area (Å²) >= 11 is 6.44. The van der Waals surface area contributed by atoms with Crippen molar-refractivity contribution in [2.45, 2.75) is 0 Å². The molecule has 4 rings (SSSR count). The molecular formula is C20H19ClF2N4O2. The number of hydrogen-bond donors (Lipinski definition) is 2. The van der Waals surface area contributed by atoms with E-state index in [0.29, 0.717) is 24.5 Å². The summed E-state index contributed by atoms with van der Waals surface area (Å²) in [6.07, 6.45) is 0. The third kappa shape index (κ3) is 3.54. The highest BCUT2D eigenvalue weighted by atomic mass is 35.5. The number of methoxy groups -OCH3 is 1. The molecule has 0 radical (unpaired) electrons. The quantitative estimate of drug-likeness (QED) is 0.784. The molecule has 2 heterocycles. The molecule has 2 aromatic rings. The van der Waals surface area contributed by atoms with E-state index >= 15 is 4.39 Å². The van der Waals surface area contributed by atoms with Gasteiger partial charge < -0.3 is 20.3 Å². The van der Waals surface area contributed by atoms with E-state index in [0.717, 1.165) is 13.1 Å². The van der Waals surface area contributed by atoms with Gasteiger partial charge in [-0.15, -0.1) is 0 Å². The molecule has 0 aromatic heterocycles. The van der Waals surface area contributed by atoms with Crippen molar-refractivity contribution in [1.29, 1.82) is 0 Å². The Morgan fingerprint density at radius 1 is 1.21 bits per heavy atom. The van der Waals surface area contributed by atoms with Gasteiger partial charge in [0.05, 0.1) is 23.4 Å². The molecule has 0 saturated carbocycles. The minimum absolute atomic E-state index is 0.00336. The molecule has 1 amide bonds. The molecule has 0 aliphatic carbocycles. The van der Waals surface area contributed by atoms with E-state index in [9.17, 15) is 9.18 Å². The van der Waals surface area contributed by atoms with Crippen molar-refractivity contribution < 1.29 is 18.3 Å². The van der Waals surface area contributed by atoms with Crippen LogP contribution in [0.25, 0.3) is 11.1 Å². The molecule has 0 unspecified atom stereocenters. The van der Waals surface area contributed by atoms with E-state index in [1.165, 1.54) is 31.4 Å². The molecule has 2 aliphatic rings. The number of carbonyl (C=O) groups is 1. The lowest BCUT2D eigenvalue weighted by Crippen LogP contribution is -2.46. The Bertz CT molecular complexity index is 1010. The number of nitrogens with zero attached hydrogens (tertiary/aromatic N) is 2. The maximum absolute atomic E-state index is 15.7. The lowest BCUT2D eigenvalue weighted by atomic mass is 9.98. The standard InChI is InChI=1S/C20H19ClF2N4O2/c1-29-14-4-2-3-13(22)17(14)16-12(21)9-11-19(18(16)23)26-15(28)10-25-20(11)27-7-5-24-6-8-27/h2-4,9,24H,5-8,10H2,1H3,(H,26,28). The van der Waals surface area contributed by atoms with Crippen molar-refractivity contribution in [3.63, 3.8) is 0 Å². The summed E-state index contributed by atoms with van der Waals surface area (Å²) in [5.41, 5.74) is 0.0514. The van der Waals surface area contributed by atoms with Gasteiger partial charge in [-0.05, 0) is 18.2 Å². The maximum atomic E-state index is 15.7. The maximum Gasteiger partial charge on any atom is 0.246 e. The van der Waals surface area contributed by atoms with Crippen molar-refractivity contribution in [3.05, 3.63) is 46.5 Å². The van der Waals surface area contributed by atoms with Crippen molar-refractivity contribution >= 4 is 29.0 Å². The number of amidine groups is 1. The van der Waals surface area contributed by atoms with Gasteiger partial charge in [-0.25, -0.2) is 8.78 Å². The van der Waals surface area contributed by atoms with Gasteiger partial charge in [0.2, 0.25) is 5.91 Å². The minimum atomic E-state index is -0.825. The second-order valence-electron chi connectivity index (χ2n) is 6.71. The van der Waals surface area contributed by atoms with Gasteiger partial charge in [0.15, 0.2) is 5.82 Å². The van der Waals surface area contributed by atoms with Gasteiger partial charge in [-0.1, -0.05) is 17.7 Å². The fourth-order valence-corrected chi connectivity index (χ4v) is 3.91. The number of fused-ring (bicyclic) bond motifs is 1. The Balaban J connectivity index is 1.92. The number of halogens is 3. The minimum Gasteiger partial charge on any atom is -0.496 e. The van der Waals surface area contributed by atoms with E-state index in [-0.39, 0.29) is 34.1 Å². The predicted octanol–water partition coefficient (Wildman–Crippen LogP) is 2.90. The first-order valence-electron chi connectivity index (χ1n) is 9.16. The molecule has 6 nitrogen and oxygen atoms in total. The monoisotopic (exact) mass is 420 g/mol. The van der Waals surface area contributed by atoms with Gasteiger partial charge in [-0.3, -0.25) is 9.79 Å². The molecule has 0 spiro atoms. The molecule has 29 heavy (non-hydrogen) atoms. The van der Waals surface area contributed by atoms with E-state index in [4.69, 9.17) is 16.3 Å². The Morgan fingerprint density at radius 3 is 2.69 bits per heavy atom. The summed E-state index contributed by atoms with van der Waals surface area (Å²) in [6, 6.07) is 5.70. The second kappa shape index (κ2) is 7.96. The molecule has 152 valence electrons. The molecular weight excluding hydrogens is 402 g/mol. The first-order valence-corrected chi connectivity index (χ1v) is 9.54. The number of nitrogens with one attached hydrogen (secondary N) is 2. The summed E-state index contributed by atoms with van der Waals surface area (Å²) in [6.45, 7) is 2.68. The number of aliphatic imine (C=N–C) groups is 1. The van der Waals surface area contributed by atoms with Crippen molar-refractivity contribution in [1.82, 2.24) is 10.2 Å².